The van der Waals surface area contributed by atoms with Crippen molar-refractivity contribution in [1.82, 2.24) is 0 Å². The molecule has 2 nitrogen and oxygen atoms in total. The van der Waals surface area contributed by atoms with Crippen LogP contribution in [-0.4, -0.2) is 0 Å². The zero-order valence-corrected chi connectivity index (χ0v) is 18.0. The number of hydrogen-bond acceptors (Lipinski definition) is 1. The summed E-state index contributed by atoms with van der Waals surface area (Å²) in [5, 5.41) is 3.94. The fourth-order valence-corrected chi connectivity index (χ4v) is 7.29. The molecule has 6 aromatic rings. The number of benzene rings is 3. The smallest absolute Gasteiger partial charge is 0.128 e. The second kappa shape index (κ2) is 5.70. The van der Waals surface area contributed by atoms with E-state index in [2.05, 4.69) is 119 Å². The zero-order valence-electron chi connectivity index (χ0n) is 17.2. The Morgan fingerprint density at radius 1 is 0.625 bits per heavy atom. The lowest BCUT2D eigenvalue weighted by Crippen LogP contribution is -2.71. The van der Waals surface area contributed by atoms with E-state index in [1.165, 1.54) is 53.8 Å². The van der Waals surface area contributed by atoms with Crippen molar-refractivity contribution in [3.05, 3.63) is 121 Å². The van der Waals surface area contributed by atoms with Crippen molar-refractivity contribution < 1.29 is 9.13 Å². The van der Waals surface area contributed by atoms with E-state index in [1.807, 2.05) is 11.3 Å². The van der Waals surface area contributed by atoms with Crippen molar-refractivity contribution in [3.8, 4) is 21.8 Å². The van der Waals surface area contributed by atoms with E-state index in [0.717, 1.165) is 0 Å². The third kappa shape index (κ3) is 1.76. The largest absolute Gasteiger partial charge is 0.419 e. The molecule has 8 rings (SSSR count). The van der Waals surface area contributed by atoms with E-state index < -0.39 is 5.66 Å². The Labute approximate surface area is 189 Å². The number of aromatic nitrogens is 2. The maximum Gasteiger partial charge on any atom is 0.419 e. The van der Waals surface area contributed by atoms with Crippen molar-refractivity contribution in [2.75, 3.05) is 0 Å². The second-order valence-electron chi connectivity index (χ2n) is 8.60. The highest BCUT2D eigenvalue weighted by atomic mass is 32.1. The van der Waals surface area contributed by atoms with Gasteiger partial charge in [-0.25, -0.2) is 0 Å². The molecule has 1 unspecified atom stereocenters. The summed E-state index contributed by atoms with van der Waals surface area (Å²) in [6.07, 6.45) is 4.55. The van der Waals surface area contributed by atoms with Gasteiger partial charge in [0.05, 0.1) is 10.9 Å². The summed E-state index contributed by atoms with van der Waals surface area (Å²) in [6.45, 7) is 0. The number of hydrogen-bond donors (Lipinski definition) is 0. The monoisotopic (exact) mass is 426 g/mol. The number of pyridine rings is 2. The molecule has 0 bridgehead atoms. The average molecular weight is 427 g/mol. The number of nitrogens with zero attached hydrogens (tertiary/aromatic N) is 2. The molecule has 3 heteroatoms. The fourth-order valence-electron chi connectivity index (χ4n) is 5.98. The van der Waals surface area contributed by atoms with Crippen molar-refractivity contribution >= 4 is 32.2 Å². The lowest BCUT2D eigenvalue weighted by atomic mass is 9.90. The van der Waals surface area contributed by atoms with Crippen LogP contribution < -0.4 is 9.13 Å². The molecule has 0 aliphatic carbocycles. The molecule has 0 amide bonds. The van der Waals surface area contributed by atoms with E-state index in [0.29, 0.717) is 0 Å². The molecule has 3 aromatic heterocycles. The third-order valence-corrected chi connectivity index (χ3v) is 8.33. The minimum atomic E-state index is -0.429. The standard InChI is InChI=1S/C29H18N2S/c1-2-10-20-19(9-1)16-18-31-27(20)28-26(22-12-4-6-15-25(22)32-28)29(31)23-13-5-3-11-21(23)24-14-7-8-17-30(24)29/h1-18H/q+2. The molecule has 2 aliphatic heterocycles. The molecule has 1 spiro atoms. The topological polar surface area (TPSA) is 7.76 Å². The van der Waals surface area contributed by atoms with Crippen LogP contribution in [0, 0.1) is 0 Å². The second-order valence-corrected chi connectivity index (χ2v) is 9.65. The predicted octanol–water partition coefficient (Wildman–Crippen LogP) is 5.89. The van der Waals surface area contributed by atoms with Gasteiger partial charge in [-0.15, -0.1) is 20.5 Å². The van der Waals surface area contributed by atoms with E-state index >= 15 is 0 Å². The molecule has 2 aliphatic rings. The fraction of sp³-hybridized carbons (Fsp3) is 0.0345. The molecule has 0 radical (unpaired) electrons. The zero-order chi connectivity index (χ0) is 20.9. The van der Waals surface area contributed by atoms with Crippen LogP contribution in [0.4, 0.5) is 0 Å². The SMILES string of the molecule is c1ccc2c(c1)-c1cccc[n+]1C21c2c(sc3ccccc23)-c2c3ccccc3cc[n+]21. The van der Waals surface area contributed by atoms with Crippen LogP contribution in [-0.2, 0) is 5.66 Å². The Bertz CT molecular complexity index is 1700. The van der Waals surface area contributed by atoms with Gasteiger partial charge in [0.15, 0.2) is 12.4 Å². The van der Waals surface area contributed by atoms with Crippen molar-refractivity contribution in [2.45, 2.75) is 5.66 Å². The summed E-state index contributed by atoms with van der Waals surface area (Å²) in [7, 11) is 0. The predicted molar refractivity (Wildman–Crippen MR) is 129 cm³/mol. The van der Waals surface area contributed by atoms with Gasteiger partial charge < -0.3 is 0 Å². The molecule has 5 heterocycles. The molecule has 0 saturated heterocycles. The normalized spacial score (nSPS) is 17.5. The molecular formula is C29H18N2S+2. The Balaban J connectivity index is 1.68. The van der Waals surface area contributed by atoms with Crippen LogP contribution in [0.5, 0.6) is 0 Å². The van der Waals surface area contributed by atoms with Gasteiger partial charge in [0.2, 0.25) is 11.4 Å². The Hall–Kier alpha value is -3.82. The maximum atomic E-state index is 2.53. The first kappa shape index (κ1) is 16.8. The van der Waals surface area contributed by atoms with Gasteiger partial charge in [0.1, 0.15) is 16.0 Å². The van der Waals surface area contributed by atoms with Gasteiger partial charge in [-0.3, -0.25) is 0 Å². The summed E-state index contributed by atoms with van der Waals surface area (Å²) in [5.74, 6) is 0. The summed E-state index contributed by atoms with van der Waals surface area (Å²) in [4.78, 5) is 1.38. The van der Waals surface area contributed by atoms with Gasteiger partial charge in [0.25, 0.3) is 0 Å². The minimum Gasteiger partial charge on any atom is -0.128 e. The van der Waals surface area contributed by atoms with Crippen molar-refractivity contribution in [1.29, 1.82) is 0 Å². The van der Waals surface area contributed by atoms with Crippen LogP contribution in [0.1, 0.15) is 11.1 Å². The minimum absolute atomic E-state index is 0.429. The lowest BCUT2D eigenvalue weighted by Gasteiger charge is -2.17. The molecule has 32 heavy (non-hydrogen) atoms. The van der Waals surface area contributed by atoms with Crippen LogP contribution in [0.2, 0.25) is 0 Å². The molecule has 0 saturated carbocycles. The van der Waals surface area contributed by atoms with Crippen molar-refractivity contribution in [2.24, 2.45) is 0 Å². The Morgan fingerprint density at radius 2 is 1.41 bits per heavy atom. The Morgan fingerprint density at radius 3 is 2.38 bits per heavy atom. The molecule has 0 N–H and O–H groups in total. The van der Waals surface area contributed by atoms with Crippen molar-refractivity contribution in [3.63, 3.8) is 0 Å². The van der Waals surface area contributed by atoms with Crippen LogP contribution in [0.15, 0.2) is 109 Å². The Kier molecular flexibility index (Phi) is 3.00. The molecule has 0 fully saturated rings. The first-order valence-corrected chi connectivity index (χ1v) is 11.8. The summed E-state index contributed by atoms with van der Waals surface area (Å²) in [5.41, 5.74) is 6.20. The van der Waals surface area contributed by atoms with Gasteiger partial charge in [0, 0.05) is 28.3 Å². The highest BCUT2D eigenvalue weighted by Gasteiger charge is 2.68. The maximum absolute atomic E-state index is 2.53. The first-order valence-electron chi connectivity index (χ1n) is 11.0. The van der Waals surface area contributed by atoms with E-state index in [1.54, 1.807) is 0 Å². The highest BCUT2D eigenvalue weighted by Crippen LogP contribution is 2.53. The van der Waals surface area contributed by atoms with E-state index in [4.69, 9.17) is 0 Å². The molecule has 3 aromatic carbocycles. The molecule has 148 valence electrons. The van der Waals surface area contributed by atoms with Gasteiger partial charge >= 0.3 is 5.66 Å². The first-order chi connectivity index (χ1) is 15.9. The lowest BCUT2D eigenvalue weighted by molar-refractivity contribution is -0.954. The third-order valence-electron chi connectivity index (χ3n) is 7.15. The number of fused-ring (bicyclic) bond motifs is 14. The molecular weight excluding hydrogens is 408 g/mol. The molecule has 1 atom stereocenters. The number of thiophene rings is 1. The van der Waals surface area contributed by atoms with Gasteiger partial charge in [-0.1, -0.05) is 48.5 Å². The summed E-state index contributed by atoms with van der Waals surface area (Å²) in [6, 6.07) is 35.4. The van der Waals surface area contributed by atoms with Crippen LogP contribution in [0.3, 0.4) is 0 Å². The average Bonchev–Trinajstić information content (AvgIpc) is 3.47. The van der Waals surface area contributed by atoms with Gasteiger partial charge in [-0.2, -0.15) is 0 Å². The van der Waals surface area contributed by atoms with Crippen LogP contribution in [0.25, 0.3) is 42.7 Å². The summed E-state index contributed by atoms with van der Waals surface area (Å²) < 4.78 is 6.36. The highest BCUT2D eigenvalue weighted by molar-refractivity contribution is 7.22. The number of rotatable bonds is 0. The van der Waals surface area contributed by atoms with Gasteiger partial charge in [-0.05, 0) is 35.7 Å². The van der Waals surface area contributed by atoms with E-state index in [9.17, 15) is 0 Å². The summed E-state index contributed by atoms with van der Waals surface area (Å²) >= 11 is 1.92. The quantitative estimate of drug-likeness (QED) is 0.267. The van der Waals surface area contributed by atoms with E-state index in [-0.39, 0.29) is 0 Å². The van der Waals surface area contributed by atoms with Crippen LogP contribution >= 0.6 is 11.3 Å².